The van der Waals surface area contributed by atoms with Gasteiger partial charge in [-0.2, -0.15) is 11.8 Å². The number of nitrogens with one attached hydrogen (secondary N) is 17. The first kappa shape index (κ1) is 110. The molecule has 0 aromatic heterocycles. The summed E-state index contributed by atoms with van der Waals surface area (Å²) < 4.78 is 11.3. The molecule has 0 unspecified atom stereocenters. The van der Waals surface area contributed by atoms with Gasteiger partial charge in [-0.3, -0.25) is 76.2 Å². The van der Waals surface area contributed by atoms with Crippen molar-refractivity contribution >= 4 is 80.2 Å². The van der Waals surface area contributed by atoms with E-state index in [9.17, 15) is 95.4 Å². The van der Waals surface area contributed by atoms with Gasteiger partial charge in [-0.05, 0) is 125 Å². The molecule has 34 N–H and O–H groups in total. The predicted molar refractivity (Wildman–Crippen MR) is 462 cm³/mol. The molecule has 0 radical (unpaired) electrons. The molecule has 2 saturated heterocycles. The number of unbranched alkanes of at least 4 members (excludes halogenated alkanes) is 3. The van der Waals surface area contributed by atoms with Crippen molar-refractivity contribution in [2.24, 2.45) is 21.8 Å². The van der Waals surface area contributed by atoms with Crippen molar-refractivity contribution in [3.05, 3.63) is 35.9 Å². The van der Waals surface area contributed by atoms with Gasteiger partial charge in [0.1, 0.15) is 62.0 Å². The van der Waals surface area contributed by atoms with Crippen LogP contribution in [0, 0.1) is 0 Å². The van der Waals surface area contributed by atoms with Crippen molar-refractivity contribution < 1.29 is 105 Å². The van der Waals surface area contributed by atoms with E-state index in [-0.39, 0.29) is 131 Å². The second-order valence-corrected chi connectivity index (χ2v) is 34.6. The summed E-state index contributed by atoms with van der Waals surface area (Å²) in [6, 6.07) is -0.541. The van der Waals surface area contributed by atoms with Gasteiger partial charge in [-0.25, -0.2) is 0 Å². The first-order chi connectivity index (χ1) is 57.6. The van der Waals surface area contributed by atoms with E-state index in [1.165, 1.54) is 0 Å². The summed E-state index contributed by atoms with van der Waals surface area (Å²) in [6.45, 7) is 16.2. The fourth-order valence-corrected chi connectivity index (χ4v) is 15.9. The molecule has 2 aliphatic heterocycles. The van der Waals surface area contributed by atoms with Crippen LogP contribution in [0.5, 0.6) is 0 Å². The third kappa shape index (κ3) is 49.0. The highest BCUT2D eigenvalue weighted by Crippen LogP contribution is 2.26. The Bertz CT molecular complexity index is 3040. The van der Waals surface area contributed by atoms with Gasteiger partial charge >= 0.3 is 0 Å². The molecule has 43 nitrogen and oxygen atoms in total. The second-order valence-electron chi connectivity index (χ2n) is 31.0. The van der Waals surface area contributed by atoms with Crippen LogP contribution in [-0.2, 0) is 44.7 Å². The number of aliphatic hydroxyl groups is 11. The normalized spacial score (nSPS) is 24.2. The number of hydrogen-bond acceptors (Lipinski definition) is 40. The van der Waals surface area contributed by atoms with E-state index in [0.29, 0.717) is 101 Å². The smallest absolute Gasteiger partial charge is 0.243 e. The minimum Gasteiger partial charge on any atom is -0.411 e. The van der Waals surface area contributed by atoms with Crippen LogP contribution in [0.15, 0.2) is 40.6 Å². The molecule has 0 saturated carbocycles. The lowest BCUT2D eigenvalue weighted by molar-refractivity contribution is -0.132. The monoisotopic (exact) mass is 1790 g/mol. The fourth-order valence-electron chi connectivity index (χ4n) is 12.5. The summed E-state index contributed by atoms with van der Waals surface area (Å²) >= 11 is 0.978. The average molecular weight is 1790 g/mol. The van der Waals surface area contributed by atoms with Crippen LogP contribution < -0.4 is 102 Å². The highest BCUT2D eigenvalue weighted by molar-refractivity contribution is 8.76. The molecule has 6 amide bonds. The lowest BCUT2D eigenvalue weighted by Gasteiger charge is -2.36. The number of oxime groups is 2. The van der Waals surface area contributed by atoms with Gasteiger partial charge < -0.3 is 135 Å². The van der Waals surface area contributed by atoms with Gasteiger partial charge in [0.25, 0.3) is 0 Å². The van der Waals surface area contributed by atoms with E-state index in [0.717, 1.165) is 39.8 Å². The third-order valence-corrected chi connectivity index (χ3v) is 23.8. The molecule has 1 aromatic rings. The summed E-state index contributed by atoms with van der Waals surface area (Å²) in [6.07, 6.45) is -13.9. The number of thioether (sulfide) groups is 1. The highest BCUT2D eigenvalue weighted by Gasteiger charge is 2.37. The minimum atomic E-state index is -2.11. The van der Waals surface area contributed by atoms with Crippen molar-refractivity contribution in [2.75, 3.05) is 135 Å². The first-order valence-corrected chi connectivity index (χ1v) is 45.2. The zero-order chi connectivity index (χ0) is 89.7. The van der Waals surface area contributed by atoms with E-state index in [4.69, 9.17) is 20.9 Å². The Morgan fingerprint density at radius 1 is 0.587 bits per heavy atom. The molecular formula is C75H146N22O21S3. The third-order valence-electron chi connectivity index (χ3n) is 20.3. The van der Waals surface area contributed by atoms with Gasteiger partial charge in [0.2, 0.25) is 35.4 Å². The second kappa shape index (κ2) is 63.0. The molecule has 3 rings (SSSR count). The Kier molecular flexibility index (Phi) is 57.3. The summed E-state index contributed by atoms with van der Waals surface area (Å²) in [5.41, 5.74) is 12.0. The molecular weight excluding hydrogens is 1640 g/mol. The molecule has 2 bridgehead atoms. The van der Waals surface area contributed by atoms with Crippen molar-refractivity contribution in [3.8, 4) is 0 Å². The largest absolute Gasteiger partial charge is 0.411 e. The summed E-state index contributed by atoms with van der Waals surface area (Å²) in [4.78, 5) is 82.4. The highest BCUT2D eigenvalue weighted by atomic mass is 33.1. The fraction of sp³-hybridized carbons (Fsp3) is 0.813. The standard InChI is InChI=1S/C75H146N22O21S3/c1-47(95-115)74(3,4)85-28-33-97(34-29-86-75(5,6)48(2)96-116)32-27-79-58(98)22-23-59(99)80-30-35-117-37-38-118-36-31-82-65(107)50(19-13-15-24-78-7)87-60(100)21-12-9-14-25-81-67(109)55-43-119-46-62(102)89-54(41-64(105)106)70(112)93-56-44-120-121-45-57(72(114)91-52(68(110)92-55)39-49-17-10-8-11-18-49)94-69(111)53(40-63(103)104)88-61(101)42-84-66(108)51(90-71(56)113)20-16-26-83-73(76)77/h8,10-11,17-18,50-57,61,63-64,66-69,71-73,78,81,83-86,88,90-92,94,101,103-106,108-111,113-116H,9,12-16,19-46,76-77H2,1-7H3,(H,79,98)(H,80,99)(H,82,107)(H,87,100)(H,89,102)(H,93,112)/b95-47-,96-48-/t50-,51+,52+,53+,54-,55-,56-,57-,61-,66+,67-,68+,69+,71-,72-/m0/s1. The molecule has 1 aromatic carbocycles. The van der Waals surface area contributed by atoms with Crippen LogP contribution in [-0.4, -0.2) is 375 Å². The number of nitrogens with zero attached hydrogens (tertiary/aromatic N) is 3. The Labute approximate surface area is 722 Å². The molecule has 0 spiro atoms. The number of hydrogen-bond donors (Lipinski definition) is 32. The van der Waals surface area contributed by atoms with E-state index >= 15 is 0 Å². The molecule has 15 atom stereocenters. The minimum absolute atomic E-state index is 0.0101. The van der Waals surface area contributed by atoms with Gasteiger partial charge in [0.05, 0.1) is 84.9 Å². The van der Waals surface area contributed by atoms with Gasteiger partial charge in [-0.15, -0.1) is 0 Å². The molecule has 121 heavy (non-hydrogen) atoms. The summed E-state index contributed by atoms with van der Waals surface area (Å²) in [5.74, 6) is -3.71. The number of ether oxygens (including phenoxy) is 2. The Morgan fingerprint density at radius 2 is 1.16 bits per heavy atom. The van der Waals surface area contributed by atoms with Crippen molar-refractivity contribution in [3.63, 3.8) is 0 Å². The maximum Gasteiger partial charge on any atom is 0.243 e. The number of amides is 6. The van der Waals surface area contributed by atoms with Gasteiger partial charge in [0.15, 0.2) is 12.6 Å². The average Bonchev–Trinajstić information content (AvgIpc) is 1.83. The number of β-amino-alcohol motifs (C(OH)–C–C–N with tert-alkyl or cyclic N) is 1. The molecule has 0 aliphatic carbocycles. The number of carbonyl (C=O) groups is 6. The zero-order valence-electron chi connectivity index (χ0n) is 71.1. The van der Waals surface area contributed by atoms with Crippen molar-refractivity contribution in [1.29, 1.82) is 0 Å². The lowest BCUT2D eigenvalue weighted by Crippen LogP contribution is -2.64. The Hall–Kier alpha value is -5.05. The van der Waals surface area contributed by atoms with E-state index < -0.39 is 153 Å². The number of rotatable bonds is 51. The molecule has 46 heteroatoms. The maximum absolute atomic E-state index is 14.2. The van der Waals surface area contributed by atoms with Crippen LogP contribution in [0.4, 0.5) is 0 Å². The van der Waals surface area contributed by atoms with Gasteiger partial charge in [-0.1, -0.05) is 68.7 Å². The van der Waals surface area contributed by atoms with E-state index in [2.05, 4.69) is 106 Å². The van der Waals surface area contributed by atoms with Gasteiger partial charge in [0, 0.05) is 114 Å². The number of benzene rings is 1. The number of fused-ring (bicyclic) bond motifs is 5. The molecule has 2 heterocycles. The number of nitrogens with two attached hydrogens (primary N) is 2. The summed E-state index contributed by atoms with van der Waals surface area (Å²) in [5, 5.41) is 199. The predicted octanol–water partition coefficient (Wildman–Crippen LogP) is -8.15. The molecule has 700 valence electrons. The van der Waals surface area contributed by atoms with Crippen LogP contribution in [0.2, 0.25) is 0 Å². The topological polar surface area (TPSA) is 668 Å². The Morgan fingerprint density at radius 3 is 1.77 bits per heavy atom. The van der Waals surface area contributed by atoms with Crippen molar-refractivity contribution in [1.82, 2.24) is 95.3 Å². The van der Waals surface area contributed by atoms with Crippen LogP contribution in [0.3, 0.4) is 0 Å². The summed E-state index contributed by atoms with van der Waals surface area (Å²) in [7, 11) is 3.98. The first-order valence-electron chi connectivity index (χ1n) is 41.6. The maximum atomic E-state index is 14.2. The SMILES string of the molecule is CNCCCC[C@H](NC(=O)CCCCCN[C@@H](O)[C@@H]1CSCC(=O)N[C@@H](CC(O)O)C(=O)N[C@H]2CSSC[C@H](N[C@H](O)[C@@H](CC(O)O)N[C@@H](O)CN[C@H](O)[C@@H](CCCNC(N)N)N[C@H]2O)[C@H](O)N[C@H](Cc2ccccc2)[C@@H](O)N1)C(=O)NCCOCCOCCNC(=O)CCC(=O)NCCN(CCNC(C)(C)/C(C)=N\O)CCNC(C)(C)/C(C)=N\O. The molecule has 2 aliphatic rings. The van der Waals surface area contributed by atoms with Crippen LogP contribution >= 0.6 is 33.3 Å². The Balaban J connectivity index is 1.64. The van der Waals surface area contributed by atoms with Crippen molar-refractivity contribution in [2.45, 2.75) is 253 Å². The zero-order valence-corrected chi connectivity index (χ0v) is 73.6. The molecule has 2 fully saturated rings. The number of carbonyl (C=O) groups excluding carboxylic acids is 6. The van der Waals surface area contributed by atoms with Crippen LogP contribution in [0.25, 0.3) is 0 Å². The van der Waals surface area contributed by atoms with E-state index in [1.54, 1.807) is 44.2 Å². The quantitative estimate of drug-likeness (QED) is 0.00719. The van der Waals surface area contributed by atoms with Crippen LogP contribution in [0.1, 0.15) is 131 Å². The van der Waals surface area contributed by atoms with E-state index in [1.807, 2.05) is 34.7 Å². The lowest BCUT2D eigenvalue weighted by atomic mass is 9.99. The number of aliphatic hydroxyl groups excluding tert-OH is 9.